The van der Waals surface area contributed by atoms with Crippen molar-refractivity contribution in [1.82, 2.24) is 5.32 Å². The van der Waals surface area contributed by atoms with Crippen LogP contribution in [0.4, 0.5) is 0 Å². The van der Waals surface area contributed by atoms with E-state index in [2.05, 4.69) is 11.9 Å². The molecular formula is C11H21NO. The van der Waals surface area contributed by atoms with Gasteiger partial charge in [0.15, 0.2) is 0 Å². The predicted molar refractivity (Wildman–Crippen MR) is 55.9 cm³/mol. The number of ether oxygens (including phenoxy) is 1. The summed E-state index contributed by atoms with van der Waals surface area (Å²) in [5, 5.41) is 3.33. The van der Waals surface area contributed by atoms with Gasteiger partial charge in [0.05, 0.1) is 12.7 Å². The minimum absolute atomic E-state index is 0.429. The van der Waals surface area contributed by atoms with E-state index in [1.165, 1.54) is 25.7 Å². The molecule has 0 radical (unpaired) electrons. The fourth-order valence-electron chi connectivity index (χ4n) is 1.93. The third-order valence-corrected chi connectivity index (χ3v) is 2.73. The standard InChI is InChI=1S/C11H21NO/c1-3-4-9-13-11-8-6-5-7-10(11)12-2/h3,10-12H,1,4-9H2,2H3. The molecule has 0 aromatic carbocycles. The van der Waals surface area contributed by atoms with E-state index in [1.54, 1.807) is 0 Å². The van der Waals surface area contributed by atoms with Crippen molar-refractivity contribution in [2.75, 3.05) is 13.7 Å². The first kappa shape index (κ1) is 10.7. The molecule has 0 spiro atoms. The molecule has 1 fully saturated rings. The van der Waals surface area contributed by atoms with Crippen molar-refractivity contribution in [2.45, 2.75) is 44.2 Å². The maximum atomic E-state index is 5.79. The summed E-state index contributed by atoms with van der Waals surface area (Å²) in [7, 11) is 2.03. The second-order valence-electron chi connectivity index (χ2n) is 3.67. The molecule has 2 atom stereocenters. The van der Waals surface area contributed by atoms with E-state index in [-0.39, 0.29) is 0 Å². The van der Waals surface area contributed by atoms with E-state index >= 15 is 0 Å². The molecule has 0 saturated heterocycles. The molecule has 13 heavy (non-hydrogen) atoms. The Kier molecular flexibility index (Phi) is 5.09. The number of hydrogen-bond donors (Lipinski definition) is 1. The SMILES string of the molecule is C=CCCOC1CCCCC1NC. The third-order valence-electron chi connectivity index (χ3n) is 2.73. The first-order valence-electron chi connectivity index (χ1n) is 5.28. The van der Waals surface area contributed by atoms with Gasteiger partial charge in [-0.15, -0.1) is 6.58 Å². The maximum Gasteiger partial charge on any atom is 0.0728 e. The molecule has 2 heteroatoms. The fourth-order valence-corrected chi connectivity index (χ4v) is 1.93. The van der Waals surface area contributed by atoms with Gasteiger partial charge in [-0.3, -0.25) is 0 Å². The van der Waals surface area contributed by atoms with E-state index in [0.717, 1.165) is 13.0 Å². The van der Waals surface area contributed by atoms with Crippen LogP contribution in [0.25, 0.3) is 0 Å². The highest BCUT2D eigenvalue weighted by atomic mass is 16.5. The molecule has 0 amide bonds. The second-order valence-corrected chi connectivity index (χ2v) is 3.67. The molecule has 1 aliphatic carbocycles. The highest BCUT2D eigenvalue weighted by Crippen LogP contribution is 2.21. The number of nitrogens with one attached hydrogen (secondary N) is 1. The molecule has 2 unspecified atom stereocenters. The molecule has 2 nitrogen and oxygen atoms in total. The van der Waals surface area contributed by atoms with E-state index < -0.39 is 0 Å². The molecule has 0 aliphatic heterocycles. The van der Waals surface area contributed by atoms with Gasteiger partial charge in [-0.1, -0.05) is 18.9 Å². The molecule has 0 aromatic heterocycles. The van der Waals surface area contributed by atoms with Gasteiger partial charge in [0.25, 0.3) is 0 Å². The number of rotatable bonds is 5. The Bertz CT molecular complexity index is 147. The summed E-state index contributed by atoms with van der Waals surface area (Å²) in [5.74, 6) is 0. The minimum atomic E-state index is 0.429. The Morgan fingerprint density at radius 2 is 2.23 bits per heavy atom. The number of likely N-dealkylation sites (N-methyl/N-ethyl adjacent to an activating group) is 1. The summed E-state index contributed by atoms with van der Waals surface area (Å²) in [6.07, 6.45) is 8.44. The van der Waals surface area contributed by atoms with Crippen molar-refractivity contribution in [2.24, 2.45) is 0 Å². The average molecular weight is 183 g/mol. The topological polar surface area (TPSA) is 21.3 Å². The van der Waals surface area contributed by atoms with Crippen LogP contribution in [0.2, 0.25) is 0 Å². The molecule has 1 saturated carbocycles. The second kappa shape index (κ2) is 6.17. The summed E-state index contributed by atoms with van der Waals surface area (Å²) < 4.78 is 5.79. The molecule has 0 aromatic rings. The van der Waals surface area contributed by atoms with Gasteiger partial charge in [-0.2, -0.15) is 0 Å². The van der Waals surface area contributed by atoms with Gasteiger partial charge in [0, 0.05) is 6.04 Å². The molecule has 0 heterocycles. The summed E-state index contributed by atoms with van der Waals surface area (Å²) in [6, 6.07) is 0.568. The average Bonchev–Trinajstić information content (AvgIpc) is 2.19. The lowest BCUT2D eigenvalue weighted by atomic mass is 9.92. The van der Waals surface area contributed by atoms with Crippen LogP contribution in [0.5, 0.6) is 0 Å². The van der Waals surface area contributed by atoms with Crippen LogP contribution in [0, 0.1) is 0 Å². The van der Waals surface area contributed by atoms with Gasteiger partial charge in [0.1, 0.15) is 0 Å². The van der Waals surface area contributed by atoms with Crippen LogP contribution >= 0.6 is 0 Å². The van der Waals surface area contributed by atoms with Gasteiger partial charge in [-0.25, -0.2) is 0 Å². The first-order valence-corrected chi connectivity index (χ1v) is 5.28. The molecule has 1 aliphatic rings. The summed E-state index contributed by atoms with van der Waals surface area (Å²) in [4.78, 5) is 0. The number of hydrogen-bond acceptors (Lipinski definition) is 2. The summed E-state index contributed by atoms with van der Waals surface area (Å²) >= 11 is 0. The zero-order valence-corrected chi connectivity index (χ0v) is 8.59. The Morgan fingerprint density at radius 3 is 2.92 bits per heavy atom. The molecule has 76 valence electrons. The predicted octanol–water partition coefficient (Wildman–Crippen LogP) is 2.11. The zero-order valence-electron chi connectivity index (χ0n) is 8.59. The molecular weight excluding hydrogens is 162 g/mol. The summed E-state index contributed by atoms with van der Waals surface area (Å²) in [6.45, 7) is 4.51. The van der Waals surface area contributed by atoms with Gasteiger partial charge in [0.2, 0.25) is 0 Å². The summed E-state index contributed by atoms with van der Waals surface area (Å²) in [5.41, 5.74) is 0. The van der Waals surface area contributed by atoms with Gasteiger partial charge >= 0.3 is 0 Å². The first-order chi connectivity index (χ1) is 6.38. The van der Waals surface area contributed by atoms with Crippen LogP contribution in [0.15, 0.2) is 12.7 Å². The van der Waals surface area contributed by atoms with Crippen LogP contribution in [-0.4, -0.2) is 25.8 Å². The highest BCUT2D eigenvalue weighted by molar-refractivity contribution is 4.80. The van der Waals surface area contributed by atoms with Crippen LogP contribution in [-0.2, 0) is 4.74 Å². The lowest BCUT2D eigenvalue weighted by Crippen LogP contribution is -2.41. The van der Waals surface area contributed by atoms with Crippen LogP contribution in [0.1, 0.15) is 32.1 Å². The third kappa shape index (κ3) is 3.49. The Labute approximate surface area is 81.4 Å². The van der Waals surface area contributed by atoms with Gasteiger partial charge < -0.3 is 10.1 Å². The minimum Gasteiger partial charge on any atom is -0.376 e. The largest absolute Gasteiger partial charge is 0.376 e. The Morgan fingerprint density at radius 1 is 1.46 bits per heavy atom. The highest BCUT2D eigenvalue weighted by Gasteiger charge is 2.23. The van der Waals surface area contributed by atoms with Crippen molar-refractivity contribution in [3.05, 3.63) is 12.7 Å². The van der Waals surface area contributed by atoms with Crippen molar-refractivity contribution in [1.29, 1.82) is 0 Å². The fraction of sp³-hybridized carbons (Fsp3) is 0.818. The lowest BCUT2D eigenvalue weighted by molar-refractivity contribution is 0.00959. The van der Waals surface area contributed by atoms with E-state index in [1.807, 2.05) is 13.1 Å². The smallest absolute Gasteiger partial charge is 0.0728 e. The monoisotopic (exact) mass is 183 g/mol. The van der Waals surface area contributed by atoms with Crippen molar-refractivity contribution >= 4 is 0 Å². The van der Waals surface area contributed by atoms with E-state index in [9.17, 15) is 0 Å². The quantitative estimate of drug-likeness (QED) is 0.520. The van der Waals surface area contributed by atoms with E-state index in [4.69, 9.17) is 4.74 Å². The van der Waals surface area contributed by atoms with E-state index in [0.29, 0.717) is 12.1 Å². The molecule has 0 bridgehead atoms. The normalized spacial score (nSPS) is 28.7. The van der Waals surface area contributed by atoms with Crippen LogP contribution < -0.4 is 5.32 Å². The zero-order chi connectivity index (χ0) is 9.52. The Hall–Kier alpha value is -0.340. The van der Waals surface area contributed by atoms with Crippen molar-refractivity contribution in [3.8, 4) is 0 Å². The van der Waals surface area contributed by atoms with Crippen LogP contribution in [0.3, 0.4) is 0 Å². The van der Waals surface area contributed by atoms with Crippen molar-refractivity contribution in [3.63, 3.8) is 0 Å². The maximum absolute atomic E-state index is 5.79. The Balaban J connectivity index is 2.23. The van der Waals surface area contributed by atoms with Gasteiger partial charge in [-0.05, 0) is 26.3 Å². The lowest BCUT2D eigenvalue weighted by Gasteiger charge is -2.31. The van der Waals surface area contributed by atoms with Crippen molar-refractivity contribution < 1.29 is 4.74 Å². The molecule has 1 N–H and O–H groups in total. The molecule has 1 rings (SSSR count).